The predicted octanol–water partition coefficient (Wildman–Crippen LogP) is 4.44. The molecule has 29 heavy (non-hydrogen) atoms. The lowest BCUT2D eigenvalue weighted by Gasteiger charge is -2.31. The minimum atomic E-state index is -4.41. The van der Waals surface area contributed by atoms with Gasteiger partial charge in [0.05, 0.1) is 23.0 Å². The van der Waals surface area contributed by atoms with Gasteiger partial charge in [-0.3, -0.25) is 0 Å². The Kier molecular flexibility index (Phi) is 6.00. The highest BCUT2D eigenvalue weighted by Crippen LogP contribution is 2.39. The smallest absolute Gasteiger partial charge is 0.328 e. The standard InChI is InChI=1S/C18H14ClF3N6S/c1-11(17-25-9-26-28(17)16-3-2-12(7-23)8-24-16)27(10-29)15-5-13(18(20,21)22)4-14(19)6-15/h2-3,5-6,8-11,13H,4H2,1H3. The minimum absolute atomic E-state index is 0.0918. The summed E-state index contributed by atoms with van der Waals surface area (Å²) in [6.07, 6.45) is 0.546. The number of hydrogen-bond donors (Lipinski definition) is 0. The first kappa shape index (κ1) is 21.0. The van der Waals surface area contributed by atoms with Crippen molar-refractivity contribution in [2.45, 2.75) is 25.6 Å². The first-order valence-corrected chi connectivity index (χ1v) is 9.24. The van der Waals surface area contributed by atoms with Crippen molar-refractivity contribution >= 4 is 29.3 Å². The molecule has 2 aromatic heterocycles. The number of aromatic nitrogens is 4. The zero-order valence-corrected chi connectivity index (χ0v) is 16.6. The molecule has 6 nitrogen and oxygen atoms in total. The third-order valence-electron chi connectivity index (χ3n) is 4.38. The summed E-state index contributed by atoms with van der Waals surface area (Å²) in [4.78, 5) is 9.87. The molecule has 1 aliphatic carbocycles. The highest BCUT2D eigenvalue weighted by atomic mass is 35.5. The zero-order valence-electron chi connectivity index (χ0n) is 15.0. The lowest BCUT2D eigenvalue weighted by Crippen LogP contribution is -2.30. The van der Waals surface area contributed by atoms with Crippen LogP contribution < -0.4 is 0 Å². The lowest BCUT2D eigenvalue weighted by molar-refractivity contribution is -0.160. The molecule has 0 bridgehead atoms. The van der Waals surface area contributed by atoms with Gasteiger partial charge in [-0.2, -0.15) is 28.2 Å². The van der Waals surface area contributed by atoms with Crippen LogP contribution >= 0.6 is 23.8 Å². The summed E-state index contributed by atoms with van der Waals surface area (Å²) >= 11 is 11.0. The Morgan fingerprint density at radius 1 is 1.41 bits per heavy atom. The van der Waals surface area contributed by atoms with Gasteiger partial charge in [-0.1, -0.05) is 23.8 Å². The third-order valence-corrected chi connectivity index (χ3v) is 4.87. The molecule has 0 saturated heterocycles. The van der Waals surface area contributed by atoms with Gasteiger partial charge in [-0.05, 0) is 37.6 Å². The van der Waals surface area contributed by atoms with Crippen LogP contribution in [-0.4, -0.2) is 36.3 Å². The van der Waals surface area contributed by atoms with Gasteiger partial charge in [0.1, 0.15) is 12.4 Å². The van der Waals surface area contributed by atoms with Crippen LogP contribution in [0.4, 0.5) is 13.2 Å². The second-order valence-electron chi connectivity index (χ2n) is 6.27. The molecule has 1 aliphatic rings. The molecule has 0 radical (unpaired) electrons. The van der Waals surface area contributed by atoms with Gasteiger partial charge in [0, 0.05) is 16.9 Å². The van der Waals surface area contributed by atoms with E-state index in [0.29, 0.717) is 17.2 Å². The topological polar surface area (TPSA) is 70.6 Å². The quantitative estimate of drug-likeness (QED) is 0.642. The second-order valence-corrected chi connectivity index (χ2v) is 6.97. The van der Waals surface area contributed by atoms with Gasteiger partial charge in [-0.25, -0.2) is 9.97 Å². The largest absolute Gasteiger partial charge is 0.395 e. The van der Waals surface area contributed by atoms with E-state index in [1.165, 1.54) is 33.7 Å². The van der Waals surface area contributed by atoms with Gasteiger partial charge in [0.2, 0.25) is 0 Å². The van der Waals surface area contributed by atoms with Crippen LogP contribution in [0.5, 0.6) is 0 Å². The van der Waals surface area contributed by atoms with Gasteiger partial charge >= 0.3 is 6.18 Å². The van der Waals surface area contributed by atoms with Gasteiger partial charge in [-0.15, -0.1) is 0 Å². The molecule has 0 amide bonds. The summed E-state index contributed by atoms with van der Waals surface area (Å²) in [7, 11) is 0. The monoisotopic (exact) mass is 438 g/mol. The SMILES string of the molecule is CC(c1ncnn1-c1ccc(C#N)cn1)N(C=S)C1=CC(C(F)(F)F)CC(Cl)=C1. The summed E-state index contributed by atoms with van der Waals surface area (Å²) in [6.45, 7) is 1.73. The predicted molar refractivity (Wildman–Crippen MR) is 104 cm³/mol. The van der Waals surface area contributed by atoms with E-state index < -0.39 is 18.1 Å². The summed E-state index contributed by atoms with van der Waals surface area (Å²) in [5.74, 6) is -0.882. The highest BCUT2D eigenvalue weighted by molar-refractivity contribution is 7.78. The van der Waals surface area contributed by atoms with Crippen LogP contribution in [-0.2, 0) is 0 Å². The average molecular weight is 439 g/mol. The first-order chi connectivity index (χ1) is 13.7. The molecule has 0 fully saturated rings. The van der Waals surface area contributed by atoms with E-state index in [9.17, 15) is 13.2 Å². The summed E-state index contributed by atoms with van der Waals surface area (Å²) in [6, 6.07) is 4.59. The van der Waals surface area contributed by atoms with Crippen molar-refractivity contribution < 1.29 is 13.2 Å². The molecule has 0 aromatic carbocycles. The molecule has 3 rings (SSSR count). The Labute approximate surface area is 174 Å². The molecule has 2 atom stereocenters. The van der Waals surface area contributed by atoms with Gasteiger partial charge in [0.15, 0.2) is 11.6 Å². The molecule has 0 aliphatic heterocycles. The van der Waals surface area contributed by atoms with Crippen molar-refractivity contribution in [2.24, 2.45) is 5.92 Å². The van der Waals surface area contributed by atoms with E-state index in [4.69, 9.17) is 29.1 Å². The first-order valence-electron chi connectivity index (χ1n) is 8.39. The van der Waals surface area contributed by atoms with Gasteiger partial charge < -0.3 is 4.90 Å². The fraction of sp³-hybridized carbons (Fsp3) is 0.278. The van der Waals surface area contributed by atoms with Crippen LogP contribution in [0, 0.1) is 17.2 Å². The lowest BCUT2D eigenvalue weighted by atomic mass is 9.97. The number of rotatable bonds is 5. The molecule has 2 heterocycles. The maximum Gasteiger partial charge on any atom is 0.395 e. The van der Waals surface area contributed by atoms with Crippen molar-refractivity contribution in [3.8, 4) is 11.9 Å². The maximum atomic E-state index is 13.2. The molecular formula is C18H14ClF3N6S. The van der Waals surface area contributed by atoms with E-state index in [0.717, 1.165) is 6.08 Å². The van der Waals surface area contributed by atoms with Crippen molar-refractivity contribution in [1.29, 1.82) is 5.26 Å². The molecule has 0 spiro atoms. The number of thiocarbonyl (C=S) groups is 1. The van der Waals surface area contributed by atoms with Crippen LogP contribution in [0.15, 0.2) is 47.5 Å². The number of nitriles is 1. The van der Waals surface area contributed by atoms with Crippen molar-refractivity contribution in [3.05, 3.63) is 58.9 Å². The van der Waals surface area contributed by atoms with Crippen LogP contribution in [0.25, 0.3) is 5.82 Å². The molecule has 2 aromatic rings. The molecule has 0 N–H and O–H groups in total. The van der Waals surface area contributed by atoms with E-state index in [1.807, 2.05) is 6.07 Å². The summed E-state index contributed by atoms with van der Waals surface area (Å²) < 4.78 is 41.1. The molecule has 150 valence electrons. The third kappa shape index (κ3) is 4.46. The molecule has 0 saturated carbocycles. The van der Waals surface area contributed by atoms with Crippen LogP contribution in [0.3, 0.4) is 0 Å². The number of allylic oxidation sites excluding steroid dienone is 3. The number of hydrogen-bond acceptors (Lipinski definition) is 5. The highest BCUT2D eigenvalue weighted by Gasteiger charge is 2.40. The normalized spacial score (nSPS) is 17.7. The van der Waals surface area contributed by atoms with Crippen LogP contribution in [0.1, 0.15) is 30.8 Å². The van der Waals surface area contributed by atoms with Crippen LogP contribution in [0.2, 0.25) is 0 Å². The van der Waals surface area contributed by atoms with Gasteiger partial charge in [0.25, 0.3) is 0 Å². The Morgan fingerprint density at radius 3 is 2.76 bits per heavy atom. The molecule has 2 unspecified atom stereocenters. The molecular weight excluding hydrogens is 425 g/mol. The Bertz CT molecular complexity index is 1010. The van der Waals surface area contributed by atoms with E-state index >= 15 is 0 Å². The zero-order chi connectivity index (χ0) is 21.2. The minimum Gasteiger partial charge on any atom is -0.328 e. The second kappa shape index (κ2) is 8.31. The van der Waals surface area contributed by atoms with E-state index in [2.05, 4.69) is 15.1 Å². The number of nitrogens with zero attached hydrogens (tertiary/aromatic N) is 6. The van der Waals surface area contributed by atoms with E-state index in [1.54, 1.807) is 19.1 Å². The Hall–Kier alpha value is -2.77. The summed E-state index contributed by atoms with van der Waals surface area (Å²) in [5, 5.41) is 13.1. The number of alkyl halides is 3. The Morgan fingerprint density at radius 2 is 2.17 bits per heavy atom. The number of halogens is 4. The molecule has 11 heteroatoms. The van der Waals surface area contributed by atoms with Crippen molar-refractivity contribution in [3.63, 3.8) is 0 Å². The van der Waals surface area contributed by atoms with Crippen molar-refractivity contribution in [1.82, 2.24) is 24.6 Å². The summed E-state index contributed by atoms with van der Waals surface area (Å²) in [5.41, 5.74) is 1.86. The fourth-order valence-electron chi connectivity index (χ4n) is 2.90. The number of pyridine rings is 1. The Balaban J connectivity index is 1.96. The van der Waals surface area contributed by atoms with E-state index in [-0.39, 0.29) is 17.2 Å². The average Bonchev–Trinajstić information content (AvgIpc) is 3.17. The fourth-order valence-corrected chi connectivity index (χ4v) is 3.49. The maximum absolute atomic E-state index is 13.2. The van der Waals surface area contributed by atoms with Crippen molar-refractivity contribution in [2.75, 3.05) is 0 Å².